The van der Waals surface area contributed by atoms with Crippen LogP contribution in [0.2, 0.25) is 5.02 Å². The maximum absolute atomic E-state index is 5.95. The lowest BCUT2D eigenvalue weighted by atomic mass is 9.76. The highest BCUT2D eigenvalue weighted by atomic mass is 35.5. The minimum Gasteiger partial charge on any atom is -0.0843 e. The first-order valence-electron chi connectivity index (χ1n) is 7.13. The van der Waals surface area contributed by atoms with Crippen LogP contribution in [0.4, 0.5) is 0 Å². The van der Waals surface area contributed by atoms with Crippen molar-refractivity contribution in [3.63, 3.8) is 0 Å². The van der Waals surface area contributed by atoms with Crippen LogP contribution in [0.15, 0.2) is 54.6 Å². The molecule has 0 N–H and O–H groups in total. The van der Waals surface area contributed by atoms with E-state index in [4.69, 9.17) is 11.6 Å². The lowest BCUT2D eigenvalue weighted by molar-refractivity contribution is 0.396. The van der Waals surface area contributed by atoms with Crippen molar-refractivity contribution in [2.24, 2.45) is 0 Å². The van der Waals surface area contributed by atoms with E-state index in [1.165, 1.54) is 36.8 Å². The van der Waals surface area contributed by atoms with E-state index in [1.807, 2.05) is 12.1 Å². The lowest BCUT2D eigenvalue weighted by Gasteiger charge is -2.29. The molecule has 0 spiro atoms. The van der Waals surface area contributed by atoms with Crippen molar-refractivity contribution in [3.8, 4) is 0 Å². The summed E-state index contributed by atoms with van der Waals surface area (Å²) >= 11 is 5.95. The van der Waals surface area contributed by atoms with Gasteiger partial charge in [-0.3, -0.25) is 0 Å². The fourth-order valence-electron chi connectivity index (χ4n) is 3.22. The molecule has 2 aromatic carbocycles. The summed E-state index contributed by atoms with van der Waals surface area (Å²) in [6, 6.07) is 19.4. The van der Waals surface area contributed by atoms with Crippen molar-refractivity contribution in [3.05, 3.63) is 70.7 Å². The van der Waals surface area contributed by atoms with E-state index in [9.17, 15) is 0 Å². The monoisotopic (exact) mass is 270 g/mol. The smallest absolute Gasteiger partial charge is 0.0406 e. The van der Waals surface area contributed by atoms with Crippen LogP contribution in [-0.4, -0.2) is 0 Å². The molecule has 0 bridgehead atoms. The molecule has 1 heteroatoms. The molecule has 1 fully saturated rings. The average Bonchev–Trinajstić information content (AvgIpc) is 2.49. The maximum atomic E-state index is 5.95. The molecular formula is C18H19Cl. The van der Waals surface area contributed by atoms with Crippen LogP contribution >= 0.6 is 11.6 Å². The minimum absolute atomic E-state index is 0.720. The highest BCUT2D eigenvalue weighted by Crippen LogP contribution is 2.40. The zero-order valence-corrected chi connectivity index (χ0v) is 11.8. The Morgan fingerprint density at radius 2 is 1.11 bits per heavy atom. The van der Waals surface area contributed by atoms with E-state index < -0.39 is 0 Å². The van der Waals surface area contributed by atoms with Crippen LogP contribution in [-0.2, 0) is 0 Å². The summed E-state index contributed by atoms with van der Waals surface area (Å²) in [5, 5.41) is 0.835. The van der Waals surface area contributed by atoms with Gasteiger partial charge in [-0.1, -0.05) is 54.1 Å². The first-order valence-corrected chi connectivity index (χ1v) is 7.51. The van der Waals surface area contributed by atoms with Crippen LogP contribution in [0.5, 0.6) is 0 Å². The quantitative estimate of drug-likeness (QED) is 0.649. The first kappa shape index (κ1) is 12.7. The van der Waals surface area contributed by atoms with Crippen LogP contribution in [0.25, 0.3) is 0 Å². The summed E-state index contributed by atoms with van der Waals surface area (Å²) in [4.78, 5) is 0. The summed E-state index contributed by atoms with van der Waals surface area (Å²) in [5.74, 6) is 1.47. The molecule has 0 amide bonds. The SMILES string of the molecule is Clc1ccc(C2CCC(c3ccccc3)CC2)cc1. The molecule has 0 unspecified atom stereocenters. The zero-order valence-electron chi connectivity index (χ0n) is 11.1. The van der Waals surface area contributed by atoms with Crippen molar-refractivity contribution in [1.82, 2.24) is 0 Å². The van der Waals surface area contributed by atoms with Gasteiger partial charge in [0.05, 0.1) is 0 Å². The van der Waals surface area contributed by atoms with Gasteiger partial charge in [-0.15, -0.1) is 0 Å². The molecule has 1 aliphatic rings. The predicted octanol–water partition coefficient (Wildman–Crippen LogP) is 5.78. The third-order valence-electron chi connectivity index (χ3n) is 4.34. The van der Waals surface area contributed by atoms with Gasteiger partial charge in [0.25, 0.3) is 0 Å². The Balaban J connectivity index is 1.65. The number of benzene rings is 2. The molecule has 0 saturated heterocycles. The number of halogens is 1. The van der Waals surface area contributed by atoms with Crippen LogP contribution in [0, 0.1) is 0 Å². The molecule has 0 aromatic heterocycles. The minimum atomic E-state index is 0.720. The molecule has 3 rings (SSSR count). The molecule has 0 radical (unpaired) electrons. The van der Waals surface area contributed by atoms with E-state index in [-0.39, 0.29) is 0 Å². The second-order valence-electron chi connectivity index (χ2n) is 5.51. The van der Waals surface area contributed by atoms with Gasteiger partial charge >= 0.3 is 0 Å². The fraction of sp³-hybridized carbons (Fsp3) is 0.333. The van der Waals surface area contributed by atoms with Gasteiger partial charge in [-0.2, -0.15) is 0 Å². The van der Waals surface area contributed by atoms with E-state index >= 15 is 0 Å². The topological polar surface area (TPSA) is 0 Å². The van der Waals surface area contributed by atoms with Crippen molar-refractivity contribution in [2.75, 3.05) is 0 Å². The van der Waals surface area contributed by atoms with Gasteiger partial charge in [-0.25, -0.2) is 0 Å². The zero-order chi connectivity index (χ0) is 13.1. The van der Waals surface area contributed by atoms with Gasteiger partial charge in [0.1, 0.15) is 0 Å². The van der Waals surface area contributed by atoms with E-state index in [0.717, 1.165) is 16.9 Å². The molecule has 0 atom stereocenters. The van der Waals surface area contributed by atoms with Gasteiger partial charge in [0.2, 0.25) is 0 Å². The Labute approximate surface area is 120 Å². The third-order valence-corrected chi connectivity index (χ3v) is 4.59. The Bertz CT molecular complexity index is 507. The largest absolute Gasteiger partial charge is 0.0843 e. The predicted molar refractivity (Wildman–Crippen MR) is 81.8 cm³/mol. The standard InChI is InChI=1S/C18H19Cl/c19-18-12-10-17(11-13-18)16-8-6-15(7-9-16)14-4-2-1-3-5-14/h1-5,10-13,15-16H,6-9H2. The molecule has 2 aromatic rings. The van der Waals surface area contributed by atoms with Crippen LogP contribution < -0.4 is 0 Å². The second kappa shape index (κ2) is 5.79. The second-order valence-corrected chi connectivity index (χ2v) is 5.95. The van der Waals surface area contributed by atoms with Crippen LogP contribution in [0.3, 0.4) is 0 Å². The summed E-state index contributed by atoms with van der Waals surface area (Å²) in [7, 11) is 0. The van der Waals surface area contributed by atoms with E-state index in [1.54, 1.807) is 0 Å². The molecule has 1 aliphatic carbocycles. The summed E-state index contributed by atoms with van der Waals surface area (Å²) in [6.07, 6.45) is 5.19. The van der Waals surface area contributed by atoms with E-state index in [2.05, 4.69) is 42.5 Å². The van der Waals surface area contributed by atoms with Gasteiger partial charge < -0.3 is 0 Å². The Morgan fingerprint density at radius 3 is 1.63 bits per heavy atom. The summed E-state index contributed by atoms with van der Waals surface area (Å²) in [6.45, 7) is 0. The fourth-order valence-corrected chi connectivity index (χ4v) is 3.35. The van der Waals surface area contributed by atoms with E-state index in [0.29, 0.717) is 0 Å². The van der Waals surface area contributed by atoms with Crippen molar-refractivity contribution in [1.29, 1.82) is 0 Å². The molecular weight excluding hydrogens is 252 g/mol. The lowest BCUT2D eigenvalue weighted by Crippen LogP contribution is -2.12. The first-order chi connectivity index (χ1) is 9.33. The third kappa shape index (κ3) is 3.01. The normalized spacial score (nSPS) is 23.2. The Kier molecular flexibility index (Phi) is 3.89. The number of rotatable bonds is 2. The molecule has 0 heterocycles. The van der Waals surface area contributed by atoms with Gasteiger partial charge in [0.15, 0.2) is 0 Å². The van der Waals surface area contributed by atoms with Crippen molar-refractivity contribution < 1.29 is 0 Å². The molecule has 0 nitrogen and oxygen atoms in total. The van der Waals surface area contributed by atoms with Crippen molar-refractivity contribution in [2.45, 2.75) is 37.5 Å². The van der Waals surface area contributed by atoms with Gasteiger partial charge in [0, 0.05) is 5.02 Å². The number of hydrogen-bond donors (Lipinski definition) is 0. The maximum Gasteiger partial charge on any atom is 0.0406 e. The van der Waals surface area contributed by atoms with Gasteiger partial charge in [-0.05, 0) is 60.8 Å². The Morgan fingerprint density at radius 1 is 0.632 bits per heavy atom. The summed E-state index contributed by atoms with van der Waals surface area (Å²) < 4.78 is 0. The molecule has 19 heavy (non-hydrogen) atoms. The molecule has 98 valence electrons. The highest BCUT2D eigenvalue weighted by molar-refractivity contribution is 6.30. The van der Waals surface area contributed by atoms with Crippen molar-refractivity contribution >= 4 is 11.6 Å². The molecule has 1 saturated carbocycles. The van der Waals surface area contributed by atoms with Crippen LogP contribution in [0.1, 0.15) is 48.6 Å². The number of hydrogen-bond acceptors (Lipinski definition) is 0. The highest BCUT2D eigenvalue weighted by Gasteiger charge is 2.23. The molecule has 0 aliphatic heterocycles. The Hall–Kier alpha value is -1.27. The average molecular weight is 271 g/mol. The summed E-state index contributed by atoms with van der Waals surface area (Å²) in [5.41, 5.74) is 2.97.